The first-order valence-corrected chi connectivity index (χ1v) is 32.8. The second kappa shape index (κ2) is 23.4. The number of hydrogen-bond donors (Lipinski definition) is 0. The number of para-hydroxylation sites is 1. The highest BCUT2D eigenvalue weighted by atomic mass is 32.1. The maximum absolute atomic E-state index is 5.17. The Hall–Kier alpha value is -12.4. The molecule has 0 aliphatic carbocycles. The van der Waals surface area contributed by atoms with Crippen LogP contribution in [0.2, 0.25) is 0 Å². The van der Waals surface area contributed by atoms with Crippen molar-refractivity contribution in [1.29, 1.82) is 0 Å². The fourth-order valence-corrected chi connectivity index (χ4v) is 14.9. The lowest BCUT2D eigenvalue weighted by molar-refractivity contribution is 1.23. The van der Waals surface area contributed by atoms with Crippen LogP contribution in [0.4, 0.5) is 0 Å². The third-order valence-corrected chi connectivity index (χ3v) is 19.6. The maximum atomic E-state index is 5.17. The minimum atomic E-state index is 0.724. The smallest absolute Gasteiger partial charge is 0.160 e. The van der Waals surface area contributed by atoms with Crippen molar-refractivity contribution in [1.82, 2.24) is 29.9 Å². The quantitative estimate of drug-likeness (QED) is 0.141. The summed E-state index contributed by atoms with van der Waals surface area (Å²) in [6, 6.07) is 111. The van der Waals surface area contributed by atoms with Crippen molar-refractivity contribution in [2.45, 2.75) is 0 Å². The first kappa shape index (κ1) is 55.4. The van der Waals surface area contributed by atoms with Gasteiger partial charge >= 0.3 is 0 Å². The molecule has 19 rings (SSSR count). The molecule has 0 atom stereocenters. The number of nitrogens with zero attached hydrogens (tertiary/aromatic N) is 6. The zero-order valence-corrected chi connectivity index (χ0v) is 52.1. The molecule has 0 aliphatic heterocycles. The van der Waals surface area contributed by atoms with Gasteiger partial charge in [-0.15, -0.1) is 11.3 Å². The molecule has 0 radical (unpaired) electrons. The molecule has 5 aromatic heterocycles. The van der Waals surface area contributed by atoms with Gasteiger partial charge in [0.2, 0.25) is 0 Å². The Labute approximate surface area is 551 Å². The standard InChI is InChI=1S/C45H27N3S.C43H27N3/c1-2-10-29(11-3-1)42-44-43(39-16-8-9-17-41(39)49-44)48-45(47-42)30-20-18-28(19-21-30)34-24-25-35(37-15-7-6-14-36(34)37)31-22-23-38-33-13-5-4-12-32(33)27-46-40(38)26-31;1-2-10-29(11-3-1)42-39-16-8-9-17-40(39)45-43(46-42)30-20-18-28(19-21-30)34-24-25-35(37-15-7-6-14-36(34)37)31-22-23-38-33-13-5-4-12-32(33)27-44-41(38)26-31/h1-27H;1-27H. The molecule has 0 saturated heterocycles. The molecular weight excluding hydrogens is 1170 g/mol. The van der Waals surface area contributed by atoms with E-state index in [1.807, 2.05) is 36.7 Å². The minimum absolute atomic E-state index is 0.724. The van der Waals surface area contributed by atoms with Crippen LogP contribution in [-0.2, 0) is 0 Å². The molecule has 0 bridgehead atoms. The average Bonchev–Trinajstić information content (AvgIpc) is 1.57. The molecule has 14 aromatic carbocycles. The second-order valence-corrected chi connectivity index (χ2v) is 25.1. The molecule has 0 aliphatic rings. The van der Waals surface area contributed by atoms with Gasteiger partial charge < -0.3 is 0 Å². The zero-order valence-electron chi connectivity index (χ0n) is 51.3. The highest BCUT2D eigenvalue weighted by Gasteiger charge is 2.19. The summed E-state index contributed by atoms with van der Waals surface area (Å²) in [5, 5.41) is 14.2. The first-order valence-electron chi connectivity index (χ1n) is 32.0. The summed E-state index contributed by atoms with van der Waals surface area (Å²) in [7, 11) is 0. The number of hydrogen-bond acceptors (Lipinski definition) is 7. The van der Waals surface area contributed by atoms with Gasteiger partial charge in [0.05, 0.1) is 38.2 Å². The predicted octanol–water partition coefficient (Wildman–Crippen LogP) is 23.5. The average molecular weight is 1230 g/mol. The molecule has 0 saturated carbocycles. The van der Waals surface area contributed by atoms with E-state index in [-0.39, 0.29) is 0 Å². The van der Waals surface area contributed by atoms with E-state index >= 15 is 0 Å². The second-order valence-electron chi connectivity index (χ2n) is 24.0. The summed E-state index contributed by atoms with van der Waals surface area (Å²) < 4.78 is 2.34. The fraction of sp³-hybridized carbons (Fsp3) is 0. The van der Waals surface area contributed by atoms with Crippen molar-refractivity contribution < 1.29 is 0 Å². The van der Waals surface area contributed by atoms with Crippen LogP contribution in [0, 0.1) is 0 Å². The predicted molar refractivity (Wildman–Crippen MR) is 399 cm³/mol. The molecule has 0 amide bonds. The third-order valence-electron chi connectivity index (χ3n) is 18.5. The van der Waals surface area contributed by atoms with Crippen molar-refractivity contribution in [3.05, 3.63) is 328 Å². The summed E-state index contributed by atoms with van der Waals surface area (Å²) >= 11 is 1.76. The first-order chi connectivity index (χ1) is 47.1. The fourth-order valence-electron chi connectivity index (χ4n) is 13.8. The van der Waals surface area contributed by atoms with Crippen LogP contribution in [0.1, 0.15) is 0 Å². The lowest BCUT2D eigenvalue weighted by Gasteiger charge is -2.14. The number of fused-ring (bicyclic) bond motifs is 12. The molecule has 19 aromatic rings. The maximum Gasteiger partial charge on any atom is 0.160 e. The van der Waals surface area contributed by atoms with Gasteiger partial charge in [0.15, 0.2) is 11.6 Å². The van der Waals surface area contributed by atoms with Gasteiger partial charge in [0.1, 0.15) is 0 Å². The summed E-state index contributed by atoms with van der Waals surface area (Å²) in [6.45, 7) is 0. The lowest BCUT2D eigenvalue weighted by atomic mass is 9.91. The summed E-state index contributed by atoms with van der Waals surface area (Å²) in [4.78, 5) is 29.9. The Bertz CT molecular complexity index is 6210. The molecule has 0 fully saturated rings. The molecule has 0 N–H and O–H groups in total. The van der Waals surface area contributed by atoms with E-state index in [2.05, 4.69) is 291 Å². The monoisotopic (exact) mass is 1230 g/mol. The summed E-state index contributed by atoms with van der Waals surface area (Å²) in [5.74, 6) is 1.46. The van der Waals surface area contributed by atoms with E-state index in [4.69, 9.17) is 29.9 Å². The van der Waals surface area contributed by atoms with Gasteiger partial charge in [0.25, 0.3) is 0 Å². The van der Waals surface area contributed by atoms with E-state index in [0.29, 0.717) is 0 Å². The number of benzene rings is 14. The van der Waals surface area contributed by atoms with Gasteiger partial charge in [-0.25, -0.2) is 19.9 Å². The van der Waals surface area contributed by atoms with E-state index in [0.717, 1.165) is 110 Å². The SMILES string of the molecule is c1ccc(-c2nc(-c3ccc(-c4ccc(-c5ccc6c(c5)ncc5ccccc56)c5ccccc45)cc3)nc3c2sc2ccccc23)cc1.c1ccc(-c2nc(-c3ccc(-c4ccc(-c5ccc6c(c5)ncc5ccccc56)c5ccccc45)cc3)nc3ccccc23)cc1. The minimum Gasteiger partial charge on any atom is -0.256 e. The van der Waals surface area contributed by atoms with Crippen LogP contribution < -0.4 is 0 Å². The molecule has 0 unspecified atom stereocenters. The number of thiophene rings is 1. The zero-order chi connectivity index (χ0) is 62.8. The Balaban J connectivity index is 0.000000139. The largest absolute Gasteiger partial charge is 0.256 e. The Morgan fingerprint density at radius 3 is 1.12 bits per heavy atom. The van der Waals surface area contributed by atoms with Gasteiger partial charge in [-0.3, -0.25) is 9.97 Å². The van der Waals surface area contributed by atoms with Gasteiger partial charge in [-0.1, -0.05) is 291 Å². The number of pyridine rings is 2. The van der Waals surface area contributed by atoms with Crippen LogP contribution >= 0.6 is 11.3 Å². The molecule has 442 valence electrons. The van der Waals surface area contributed by atoms with Crippen LogP contribution in [0.5, 0.6) is 0 Å². The van der Waals surface area contributed by atoms with Crippen LogP contribution in [0.25, 0.3) is 186 Å². The van der Waals surface area contributed by atoms with E-state index in [9.17, 15) is 0 Å². The van der Waals surface area contributed by atoms with Gasteiger partial charge in [-0.2, -0.15) is 0 Å². The summed E-state index contributed by atoms with van der Waals surface area (Å²) in [6.07, 6.45) is 3.94. The summed E-state index contributed by atoms with van der Waals surface area (Å²) in [5.41, 5.74) is 19.5. The number of aromatic nitrogens is 6. The Kier molecular flexibility index (Phi) is 13.6. The van der Waals surface area contributed by atoms with Crippen molar-refractivity contribution in [2.75, 3.05) is 0 Å². The molecule has 5 heterocycles. The molecule has 7 heteroatoms. The van der Waals surface area contributed by atoms with Crippen LogP contribution in [0.15, 0.2) is 328 Å². The Morgan fingerprint density at radius 2 is 0.600 bits per heavy atom. The molecule has 95 heavy (non-hydrogen) atoms. The molecule has 6 nitrogen and oxygen atoms in total. The third kappa shape index (κ3) is 9.98. The van der Waals surface area contributed by atoms with Crippen LogP contribution in [0.3, 0.4) is 0 Å². The van der Waals surface area contributed by atoms with Gasteiger partial charge in [-0.05, 0) is 101 Å². The van der Waals surface area contributed by atoms with E-state index in [1.165, 1.54) is 75.4 Å². The lowest BCUT2D eigenvalue weighted by Crippen LogP contribution is -1.95. The van der Waals surface area contributed by atoms with Gasteiger partial charge in [0, 0.05) is 71.7 Å². The van der Waals surface area contributed by atoms with Crippen molar-refractivity contribution in [3.8, 4) is 89.8 Å². The highest BCUT2D eigenvalue weighted by Crippen LogP contribution is 2.43. The molecular formula is C88H54N6S. The number of rotatable bonds is 8. The van der Waals surface area contributed by atoms with Crippen LogP contribution in [-0.4, -0.2) is 29.9 Å². The molecule has 0 spiro atoms. The van der Waals surface area contributed by atoms with E-state index in [1.54, 1.807) is 11.3 Å². The van der Waals surface area contributed by atoms with Crippen molar-refractivity contribution >= 4 is 107 Å². The topological polar surface area (TPSA) is 77.3 Å². The van der Waals surface area contributed by atoms with Crippen molar-refractivity contribution in [3.63, 3.8) is 0 Å². The normalized spacial score (nSPS) is 11.6. The Morgan fingerprint density at radius 1 is 0.221 bits per heavy atom. The highest BCUT2D eigenvalue weighted by molar-refractivity contribution is 7.26. The van der Waals surface area contributed by atoms with E-state index < -0.39 is 0 Å². The van der Waals surface area contributed by atoms with Crippen molar-refractivity contribution in [2.24, 2.45) is 0 Å².